The van der Waals surface area contributed by atoms with Crippen molar-refractivity contribution in [1.82, 2.24) is 9.97 Å². The SMILES string of the molecule is Cc1ccnc(-c2[c-]c(F)c(F)cc2)c1-c1ccccc1.[Ir].[c-]1ccccc1-c1ccccn1. The molecular formula is C29H20F2IrN2-2. The molecule has 0 aliphatic rings. The molecule has 0 fully saturated rings. The minimum atomic E-state index is -0.991. The third-order valence-electron chi connectivity index (χ3n) is 4.98. The van der Waals surface area contributed by atoms with E-state index in [2.05, 4.69) is 22.1 Å². The van der Waals surface area contributed by atoms with E-state index < -0.39 is 11.6 Å². The second kappa shape index (κ2) is 12.1. The predicted molar refractivity (Wildman–Crippen MR) is 127 cm³/mol. The zero-order valence-corrected chi connectivity index (χ0v) is 20.7. The summed E-state index contributed by atoms with van der Waals surface area (Å²) in [5.41, 5.74) is 5.95. The van der Waals surface area contributed by atoms with Crippen LogP contribution in [-0.2, 0) is 20.1 Å². The first kappa shape index (κ1) is 25.1. The molecule has 1 radical (unpaired) electrons. The molecule has 0 saturated carbocycles. The summed E-state index contributed by atoms with van der Waals surface area (Å²) in [6.07, 6.45) is 3.45. The van der Waals surface area contributed by atoms with Crippen LogP contribution in [0.15, 0.2) is 103 Å². The number of aryl methyl sites for hydroxylation is 1. The van der Waals surface area contributed by atoms with Crippen molar-refractivity contribution in [3.63, 3.8) is 0 Å². The van der Waals surface area contributed by atoms with Crippen LogP contribution in [0, 0.1) is 30.7 Å². The summed E-state index contributed by atoms with van der Waals surface area (Å²) in [5, 5.41) is 0. The topological polar surface area (TPSA) is 25.8 Å². The van der Waals surface area contributed by atoms with Crippen LogP contribution in [0.4, 0.5) is 8.78 Å². The molecule has 0 spiro atoms. The fraction of sp³-hybridized carbons (Fsp3) is 0.0345. The van der Waals surface area contributed by atoms with E-state index in [-0.39, 0.29) is 20.1 Å². The number of pyridine rings is 2. The molecule has 0 atom stereocenters. The van der Waals surface area contributed by atoms with Gasteiger partial charge in [-0.2, -0.15) is 0 Å². The molecule has 0 bridgehead atoms. The van der Waals surface area contributed by atoms with Crippen molar-refractivity contribution in [3.8, 4) is 33.6 Å². The first-order valence-corrected chi connectivity index (χ1v) is 10.4. The monoisotopic (exact) mass is 627 g/mol. The van der Waals surface area contributed by atoms with Crippen molar-refractivity contribution in [3.05, 3.63) is 133 Å². The van der Waals surface area contributed by atoms with Gasteiger partial charge in [-0.15, -0.1) is 59.7 Å². The average molecular weight is 627 g/mol. The van der Waals surface area contributed by atoms with E-state index in [0.29, 0.717) is 11.3 Å². The molecule has 0 N–H and O–H groups in total. The van der Waals surface area contributed by atoms with E-state index >= 15 is 0 Å². The van der Waals surface area contributed by atoms with Gasteiger partial charge in [0.25, 0.3) is 0 Å². The molecule has 2 aromatic heterocycles. The number of nitrogens with zero attached hydrogens (tertiary/aromatic N) is 2. The summed E-state index contributed by atoms with van der Waals surface area (Å²) < 4.78 is 26.5. The van der Waals surface area contributed by atoms with Crippen LogP contribution < -0.4 is 0 Å². The smallest absolute Gasteiger partial charge is 0.0751 e. The Labute approximate surface area is 211 Å². The fourth-order valence-corrected chi connectivity index (χ4v) is 3.39. The summed E-state index contributed by atoms with van der Waals surface area (Å²) in [7, 11) is 0. The largest absolute Gasteiger partial charge is 0.305 e. The molecular weight excluding hydrogens is 607 g/mol. The van der Waals surface area contributed by atoms with Gasteiger partial charge in [0.1, 0.15) is 0 Å². The van der Waals surface area contributed by atoms with Gasteiger partial charge in [0.05, 0.1) is 11.6 Å². The van der Waals surface area contributed by atoms with Crippen molar-refractivity contribution in [2.45, 2.75) is 6.92 Å². The molecule has 0 saturated heterocycles. The zero-order chi connectivity index (χ0) is 23.0. The van der Waals surface area contributed by atoms with E-state index in [4.69, 9.17) is 0 Å². The Morgan fingerprint density at radius 1 is 0.706 bits per heavy atom. The first-order valence-electron chi connectivity index (χ1n) is 10.4. The Hall–Kier alpha value is -3.53. The molecule has 0 amide bonds. The minimum absolute atomic E-state index is 0. The Balaban J connectivity index is 0.000000212. The van der Waals surface area contributed by atoms with E-state index in [0.717, 1.165) is 34.0 Å². The molecule has 34 heavy (non-hydrogen) atoms. The number of rotatable bonds is 3. The predicted octanol–water partition coefficient (Wildman–Crippen LogP) is 7.35. The van der Waals surface area contributed by atoms with Gasteiger partial charge in [-0.3, -0.25) is 4.39 Å². The molecule has 0 unspecified atom stereocenters. The molecule has 5 rings (SSSR count). The normalized spacial score (nSPS) is 9.97. The standard InChI is InChI=1S/C18H12F2N.C11H8N.Ir/c1-12-9-10-21-18(14-7-8-15(19)16(20)11-14)17(12)13-5-3-2-4-6-13;1-2-6-10(7-3-1)11-8-4-5-9-12-11;/h2-10H,1H3;1-6,8-9H;/q2*-1;. The van der Waals surface area contributed by atoms with Crippen LogP contribution in [0.5, 0.6) is 0 Å². The van der Waals surface area contributed by atoms with Crippen LogP contribution in [0.2, 0.25) is 0 Å². The van der Waals surface area contributed by atoms with Gasteiger partial charge in [0, 0.05) is 32.5 Å². The molecule has 2 nitrogen and oxygen atoms in total. The van der Waals surface area contributed by atoms with Crippen LogP contribution >= 0.6 is 0 Å². The van der Waals surface area contributed by atoms with Gasteiger partial charge in [-0.25, -0.2) is 4.39 Å². The number of aromatic nitrogens is 2. The van der Waals surface area contributed by atoms with Crippen molar-refractivity contribution >= 4 is 0 Å². The minimum Gasteiger partial charge on any atom is -0.305 e. The third-order valence-corrected chi connectivity index (χ3v) is 4.98. The second-order valence-electron chi connectivity index (χ2n) is 7.24. The van der Waals surface area contributed by atoms with Crippen molar-refractivity contribution in [2.75, 3.05) is 0 Å². The summed E-state index contributed by atoms with van der Waals surface area (Å²) in [5.74, 6) is -1.90. The molecule has 3 aromatic carbocycles. The summed E-state index contributed by atoms with van der Waals surface area (Å²) >= 11 is 0. The molecule has 0 aliphatic heterocycles. The third kappa shape index (κ3) is 6.07. The van der Waals surface area contributed by atoms with Gasteiger partial charge >= 0.3 is 0 Å². The van der Waals surface area contributed by atoms with Gasteiger partial charge in [0.2, 0.25) is 0 Å². The average Bonchev–Trinajstić information content (AvgIpc) is 2.87. The second-order valence-corrected chi connectivity index (χ2v) is 7.24. The Morgan fingerprint density at radius 3 is 2.15 bits per heavy atom. The first-order chi connectivity index (χ1) is 16.1. The summed E-state index contributed by atoms with van der Waals surface area (Å²) in [4.78, 5) is 8.55. The number of benzene rings is 3. The molecule has 2 heterocycles. The molecule has 5 aromatic rings. The number of halogens is 2. The van der Waals surface area contributed by atoms with Crippen LogP contribution in [0.3, 0.4) is 0 Å². The van der Waals surface area contributed by atoms with Crippen molar-refractivity contribution in [1.29, 1.82) is 0 Å². The Kier molecular flexibility index (Phi) is 8.92. The van der Waals surface area contributed by atoms with Gasteiger partial charge in [-0.05, 0) is 47.1 Å². The van der Waals surface area contributed by atoms with E-state index in [1.54, 1.807) is 12.4 Å². The van der Waals surface area contributed by atoms with Crippen molar-refractivity contribution in [2.24, 2.45) is 0 Å². The maximum Gasteiger partial charge on any atom is 0.0751 e. The Morgan fingerprint density at radius 2 is 1.47 bits per heavy atom. The zero-order valence-electron chi connectivity index (χ0n) is 18.3. The van der Waals surface area contributed by atoms with Gasteiger partial charge in [-0.1, -0.05) is 42.5 Å². The van der Waals surface area contributed by atoms with Gasteiger partial charge in [0.15, 0.2) is 0 Å². The maximum absolute atomic E-state index is 13.4. The molecule has 5 heteroatoms. The summed E-state index contributed by atoms with van der Waals surface area (Å²) in [6.45, 7) is 1.97. The van der Waals surface area contributed by atoms with E-state index in [1.165, 1.54) is 6.07 Å². The number of hydrogen-bond donors (Lipinski definition) is 0. The van der Waals surface area contributed by atoms with E-state index in [1.807, 2.05) is 85.8 Å². The van der Waals surface area contributed by atoms with E-state index in [9.17, 15) is 8.78 Å². The van der Waals surface area contributed by atoms with Crippen LogP contribution in [0.1, 0.15) is 5.56 Å². The van der Waals surface area contributed by atoms with Crippen LogP contribution in [-0.4, -0.2) is 9.97 Å². The number of hydrogen-bond acceptors (Lipinski definition) is 2. The quantitative estimate of drug-likeness (QED) is 0.196. The summed E-state index contributed by atoms with van der Waals surface area (Å²) in [6, 6.07) is 33.4. The van der Waals surface area contributed by atoms with Gasteiger partial charge < -0.3 is 9.97 Å². The molecule has 0 aliphatic carbocycles. The fourth-order valence-electron chi connectivity index (χ4n) is 3.39. The van der Waals surface area contributed by atoms with Crippen LogP contribution in [0.25, 0.3) is 33.6 Å². The molecule has 171 valence electrons. The van der Waals surface area contributed by atoms with Crippen molar-refractivity contribution < 1.29 is 28.9 Å². The Bertz CT molecular complexity index is 1290. The maximum atomic E-state index is 13.4.